The summed E-state index contributed by atoms with van der Waals surface area (Å²) in [6, 6.07) is 6.65. The molecule has 0 radical (unpaired) electrons. The maximum absolute atomic E-state index is 3.31. The third-order valence-corrected chi connectivity index (χ3v) is 2.15. The molecule has 0 amide bonds. The molecule has 1 aromatic heterocycles. The fourth-order valence-corrected chi connectivity index (χ4v) is 1.60. The lowest BCUT2D eigenvalue weighted by Crippen LogP contribution is -2.42. The van der Waals surface area contributed by atoms with Crippen molar-refractivity contribution in [1.82, 2.24) is 0 Å². The Kier molecular flexibility index (Phi) is 1.61. The van der Waals surface area contributed by atoms with Crippen LogP contribution in [0.15, 0.2) is 36.2 Å². The smallest absolute Gasteiger partial charge is 0.245 e. The monoisotopic (exact) mass is 161 g/mol. The molecule has 12 heavy (non-hydrogen) atoms. The van der Waals surface area contributed by atoms with Crippen LogP contribution in [-0.2, 0) is 0 Å². The van der Waals surface area contributed by atoms with Crippen LogP contribution in [0.3, 0.4) is 0 Å². The molecule has 1 N–H and O–H groups in total. The Balaban J connectivity index is 2.48. The van der Waals surface area contributed by atoms with E-state index in [2.05, 4.69) is 48.1 Å². The van der Waals surface area contributed by atoms with Crippen LogP contribution in [0.1, 0.15) is 19.9 Å². The molecule has 1 atom stereocenters. The Bertz CT molecular complexity index is 328. The third kappa shape index (κ3) is 1.09. The van der Waals surface area contributed by atoms with Gasteiger partial charge in [0, 0.05) is 12.1 Å². The molecular formula is C10H13N2+. The van der Waals surface area contributed by atoms with E-state index in [1.54, 1.807) is 0 Å². The van der Waals surface area contributed by atoms with Crippen molar-refractivity contribution in [3.63, 3.8) is 0 Å². The number of nitrogens with one attached hydrogen (secondary N) is 1. The summed E-state index contributed by atoms with van der Waals surface area (Å²) in [7, 11) is 0. The van der Waals surface area contributed by atoms with Gasteiger partial charge in [0.15, 0.2) is 0 Å². The number of anilines is 1. The molecule has 0 spiro atoms. The maximum atomic E-state index is 3.31. The number of hydrogen-bond acceptors (Lipinski definition) is 1. The molecule has 62 valence electrons. The number of rotatable bonds is 0. The van der Waals surface area contributed by atoms with Gasteiger partial charge in [-0.25, -0.2) is 9.88 Å². The molecule has 0 bridgehead atoms. The molecule has 2 heteroatoms. The van der Waals surface area contributed by atoms with E-state index in [1.807, 2.05) is 6.07 Å². The molecule has 1 unspecified atom stereocenters. The van der Waals surface area contributed by atoms with Gasteiger partial charge < -0.3 is 0 Å². The zero-order valence-electron chi connectivity index (χ0n) is 7.41. The summed E-state index contributed by atoms with van der Waals surface area (Å²) in [6.45, 7) is 4.28. The number of hydrogen-bond donors (Lipinski definition) is 1. The van der Waals surface area contributed by atoms with Crippen LogP contribution in [0, 0.1) is 0 Å². The Hall–Kier alpha value is -1.31. The first kappa shape index (κ1) is 7.35. The minimum atomic E-state index is 0.461. The van der Waals surface area contributed by atoms with Gasteiger partial charge in [0.1, 0.15) is 6.04 Å². The van der Waals surface area contributed by atoms with Gasteiger partial charge in [-0.2, -0.15) is 0 Å². The average Bonchev–Trinajstić information content (AvgIpc) is 2.04. The van der Waals surface area contributed by atoms with Crippen LogP contribution in [0.5, 0.6) is 0 Å². The second kappa shape index (κ2) is 2.63. The number of fused-ring (bicyclic) bond motifs is 1. The summed E-state index contributed by atoms with van der Waals surface area (Å²) >= 11 is 0. The molecule has 1 aromatic rings. The number of allylic oxidation sites excluding steroid dienone is 2. The van der Waals surface area contributed by atoms with Crippen molar-refractivity contribution in [2.45, 2.75) is 19.9 Å². The van der Waals surface area contributed by atoms with Gasteiger partial charge in [0.05, 0.1) is 11.9 Å². The van der Waals surface area contributed by atoms with Crippen molar-refractivity contribution in [2.24, 2.45) is 0 Å². The van der Waals surface area contributed by atoms with Gasteiger partial charge in [0.25, 0.3) is 5.82 Å². The molecule has 0 saturated heterocycles. The highest BCUT2D eigenvalue weighted by molar-refractivity contribution is 5.37. The second-order valence-electron chi connectivity index (χ2n) is 3.21. The zero-order chi connectivity index (χ0) is 8.55. The minimum Gasteiger partial charge on any atom is -0.245 e. The molecule has 2 nitrogen and oxygen atoms in total. The van der Waals surface area contributed by atoms with Crippen LogP contribution in [0.4, 0.5) is 5.82 Å². The lowest BCUT2D eigenvalue weighted by molar-refractivity contribution is -0.696. The highest BCUT2D eigenvalue weighted by Crippen LogP contribution is 2.14. The van der Waals surface area contributed by atoms with E-state index in [9.17, 15) is 0 Å². The first-order valence-electron chi connectivity index (χ1n) is 4.23. The Morgan fingerprint density at radius 3 is 3.08 bits per heavy atom. The summed E-state index contributed by atoms with van der Waals surface area (Å²) in [5.74, 6) is 1.17. The van der Waals surface area contributed by atoms with Gasteiger partial charge in [-0.3, -0.25) is 0 Å². The minimum absolute atomic E-state index is 0.461. The fraction of sp³-hybridized carbons (Fsp3) is 0.300. The molecule has 0 fully saturated rings. The van der Waals surface area contributed by atoms with E-state index >= 15 is 0 Å². The highest BCUT2D eigenvalue weighted by Gasteiger charge is 2.18. The van der Waals surface area contributed by atoms with E-state index in [1.165, 1.54) is 11.5 Å². The van der Waals surface area contributed by atoms with Crippen LogP contribution in [0.25, 0.3) is 0 Å². The van der Waals surface area contributed by atoms with Gasteiger partial charge in [-0.1, -0.05) is 6.07 Å². The topological polar surface area (TPSA) is 15.9 Å². The number of pyridine rings is 1. The van der Waals surface area contributed by atoms with Crippen molar-refractivity contribution in [1.29, 1.82) is 0 Å². The fourth-order valence-electron chi connectivity index (χ4n) is 1.60. The largest absolute Gasteiger partial charge is 0.279 e. The van der Waals surface area contributed by atoms with Crippen molar-refractivity contribution in [3.8, 4) is 0 Å². The van der Waals surface area contributed by atoms with E-state index in [4.69, 9.17) is 0 Å². The zero-order valence-corrected chi connectivity index (χ0v) is 7.41. The molecule has 2 heterocycles. The molecule has 0 aliphatic carbocycles. The lowest BCUT2D eigenvalue weighted by Gasteiger charge is -2.15. The van der Waals surface area contributed by atoms with Crippen molar-refractivity contribution < 1.29 is 4.57 Å². The highest BCUT2D eigenvalue weighted by atomic mass is 15.1. The Morgan fingerprint density at radius 2 is 2.25 bits per heavy atom. The van der Waals surface area contributed by atoms with Crippen LogP contribution in [0.2, 0.25) is 0 Å². The van der Waals surface area contributed by atoms with Crippen molar-refractivity contribution >= 4 is 5.82 Å². The maximum Gasteiger partial charge on any atom is 0.279 e. The van der Waals surface area contributed by atoms with E-state index < -0.39 is 0 Å². The molecule has 0 aromatic carbocycles. The van der Waals surface area contributed by atoms with Crippen molar-refractivity contribution in [2.75, 3.05) is 5.32 Å². The van der Waals surface area contributed by atoms with E-state index in [-0.39, 0.29) is 0 Å². The van der Waals surface area contributed by atoms with Crippen LogP contribution >= 0.6 is 0 Å². The number of nitrogens with zero attached hydrogens (tertiary/aromatic N) is 1. The molecule has 1 aliphatic rings. The van der Waals surface area contributed by atoms with Crippen LogP contribution < -0.4 is 9.88 Å². The Labute approximate surface area is 72.5 Å². The quantitative estimate of drug-likeness (QED) is 0.574. The summed E-state index contributed by atoms with van der Waals surface area (Å²) in [5.41, 5.74) is 1.23. The van der Waals surface area contributed by atoms with Crippen LogP contribution in [-0.4, -0.2) is 0 Å². The third-order valence-electron chi connectivity index (χ3n) is 2.15. The van der Waals surface area contributed by atoms with E-state index in [0.717, 1.165) is 0 Å². The normalized spacial score (nSPS) is 20.8. The summed E-state index contributed by atoms with van der Waals surface area (Å²) < 4.78 is 2.22. The van der Waals surface area contributed by atoms with Gasteiger partial charge in [-0.05, 0) is 19.9 Å². The summed E-state index contributed by atoms with van der Waals surface area (Å²) in [6.07, 6.45) is 4.31. The van der Waals surface area contributed by atoms with Gasteiger partial charge in [0.2, 0.25) is 0 Å². The van der Waals surface area contributed by atoms with E-state index in [0.29, 0.717) is 6.04 Å². The first-order chi connectivity index (χ1) is 5.77. The Morgan fingerprint density at radius 1 is 1.42 bits per heavy atom. The summed E-state index contributed by atoms with van der Waals surface area (Å²) in [5, 5.41) is 3.31. The lowest BCUT2D eigenvalue weighted by atomic mass is 10.2. The van der Waals surface area contributed by atoms with Gasteiger partial charge >= 0.3 is 0 Å². The average molecular weight is 161 g/mol. The molecule has 0 saturated carbocycles. The SMILES string of the molecule is CC1=CC(C)[n+]2ccccc2N1. The first-order valence-corrected chi connectivity index (χ1v) is 4.23. The number of aromatic nitrogens is 1. The standard InChI is InChI=1S/C10H12N2/c1-8-7-9(2)12-6-4-3-5-10(12)11-8/h3-7,9H,1-2H3/p+1. The van der Waals surface area contributed by atoms with Gasteiger partial charge in [-0.15, -0.1) is 0 Å². The molecular weight excluding hydrogens is 148 g/mol. The van der Waals surface area contributed by atoms with Crippen molar-refractivity contribution in [3.05, 3.63) is 36.2 Å². The molecule has 2 rings (SSSR count). The second-order valence-corrected chi connectivity index (χ2v) is 3.21. The summed E-state index contributed by atoms with van der Waals surface area (Å²) in [4.78, 5) is 0. The molecule has 1 aliphatic heterocycles. The predicted molar refractivity (Wildman–Crippen MR) is 48.7 cm³/mol. The predicted octanol–water partition coefficient (Wildman–Crippen LogP) is 1.86.